The Morgan fingerprint density at radius 1 is 0.629 bits per heavy atom. The molecule has 0 spiro atoms. The van der Waals surface area contributed by atoms with Crippen molar-refractivity contribution in [2.45, 2.75) is 26.2 Å². The number of hydrogen-bond donors (Lipinski definition) is 0. The molecule has 6 rings (SSSR count). The van der Waals surface area contributed by atoms with Crippen molar-refractivity contribution in [3.8, 4) is 0 Å². The fourth-order valence-electron chi connectivity index (χ4n) is 5.48. The molecule has 0 bridgehead atoms. The highest BCUT2D eigenvalue weighted by Gasteiger charge is 2.32. The molecule has 174 valence electrons. The number of hydrogen-bond acceptors (Lipinski definition) is 4. The van der Waals surface area contributed by atoms with Crippen LogP contribution in [0.25, 0.3) is 48.9 Å². The van der Waals surface area contributed by atoms with Gasteiger partial charge in [-0.3, -0.25) is 0 Å². The molecule has 0 saturated heterocycles. The van der Waals surface area contributed by atoms with Gasteiger partial charge in [0.05, 0.1) is 30.8 Å². The molecule has 0 saturated carbocycles. The summed E-state index contributed by atoms with van der Waals surface area (Å²) in [6, 6.07) is 20.6. The van der Waals surface area contributed by atoms with Gasteiger partial charge in [0.1, 0.15) is 11.1 Å². The Morgan fingerprint density at radius 2 is 1.03 bits per heavy atom. The van der Waals surface area contributed by atoms with Gasteiger partial charge < -0.3 is 13.9 Å². The molecule has 0 atom stereocenters. The zero-order valence-corrected chi connectivity index (χ0v) is 20.4. The van der Waals surface area contributed by atoms with Gasteiger partial charge in [0.15, 0.2) is 0 Å². The van der Waals surface area contributed by atoms with Crippen LogP contribution in [0, 0.1) is 0 Å². The normalized spacial score (nSPS) is 12.4. The van der Waals surface area contributed by atoms with Gasteiger partial charge in [0.25, 0.3) is 0 Å². The van der Waals surface area contributed by atoms with Crippen LogP contribution in [-0.4, -0.2) is 30.6 Å². The minimum atomic E-state index is -0.564. The number of methoxy groups -OCH3 is 2. The lowest BCUT2D eigenvalue weighted by molar-refractivity contribution is 0.0559. The third kappa shape index (κ3) is 2.75. The second-order valence-electron chi connectivity index (χ2n) is 10.0. The largest absolute Gasteiger partial charge is 0.465 e. The summed E-state index contributed by atoms with van der Waals surface area (Å²) < 4.78 is 12.5. The molecule has 0 N–H and O–H groups in total. The summed E-state index contributed by atoms with van der Waals surface area (Å²) in [6.45, 7) is 6.63. The smallest absolute Gasteiger partial charge is 0.340 e. The molecule has 0 aliphatic carbocycles. The molecule has 3 aromatic carbocycles. The van der Waals surface area contributed by atoms with Crippen LogP contribution in [0.4, 0.5) is 0 Å². The Labute approximate surface area is 202 Å². The molecule has 3 aromatic heterocycles. The minimum Gasteiger partial charge on any atom is -0.465 e. The average molecular weight is 464 g/mol. The Hall–Kier alpha value is -4.12. The van der Waals surface area contributed by atoms with Gasteiger partial charge in [-0.1, -0.05) is 69.3 Å². The van der Waals surface area contributed by atoms with Gasteiger partial charge in [0, 0.05) is 21.5 Å². The molecule has 6 aromatic rings. The van der Waals surface area contributed by atoms with E-state index in [1.807, 2.05) is 36.4 Å². The third-order valence-corrected chi connectivity index (χ3v) is 7.09. The van der Waals surface area contributed by atoms with E-state index < -0.39 is 11.9 Å². The first-order chi connectivity index (χ1) is 16.8. The first kappa shape index (κ1) is 21.4. The number of nitrogens with zero attached hydrogens (tertiary/aromatic N) is 1. The summed E-state index contributed by atoms with van der Waals surface area (Å²) in [4.78, 5) is 26.5. The molecule has 3 heterocycles. The number of benzene rings is 3. The van der Waals surface area contributed by atoms with E-state index in [2.05, 4.69) is 49.4 Å². The van der Waals surface area contributed by atoms with Crippen LogP contribution in [0.2, 0.25) is 0 Å². The second kappa shape index (κ2) is 7.19. The molecule has 35 heavy (non-hydrogen) atoms. The maximum atomic E-state index is 13.2. The van der Waals surface area contributed by atoms with Crippen molar-refractivity contribution in [2.24, 2.45) is 0 Å². The maximum Gasteiger partial charge on any atom is 0.340 e. The van der Waals surface area contributed by atoms with E-state index in [1.54, 1.807) is 0 Å². The zero-order chi connectivity index (χ0) is 24.6. The summed E-state index contributed by atoms with van der Waals surface area (Å²) in [5.74, 6) is -1.13. The summed E-state index contributed by atoms with van der Waals surface area (Å²) in [5, 5.41) is 5.96. The fourth-order valence-corrected chi connectivity index (χ4v) is 5.48. The topological polar surface area (TPSA) is 57.0 Å². The summed E-state index contributed by atoms with van der Waals surface area (Å²) in [5.41, 5.74) is 3.91. The summed E-state index contributed by atoms with van der Waals surface area (Å²) in [6.07, 6.45) is 0. The van der Waals surface area contributed by atoms with Crippen LogP contribution in [0.15, 0.2) is 60.7 Å². The third-order valence-electron chi connectivity index (χ3n) is 7.09. The maximum absolute atomic E-state index is 13.2. The Kier molecular flexibility index (Phi) is 4.40. The van der Waals surface area contributed by atoms with Crippen LogP contribution in [-0.2, 0) is 14.9 Å². The van der Waals surface area contributed by atoms with Crippen LogP contribution >= 0.6 is 0 Å². The molecule has 5 heteroatoms. The second-order valence-corrected chi connectivity index (χ2v) is 10.0. The van der Waals surface area contributed by atoms with E-state index in [1.165, 1.54) is 19.8 Å². The molecular weight excluding hydrogens is 438 g/mol. The molecule has 0 aliphatic rings. The molecule has 0 unspecified atom stereocenters. The van der Waals surface area contributed by atoms with Crippen molar-refractivity contribution in [3.05, 3.63) is 77.4 Å². The highest BCUT2D eigenvalue weighted by molar-refractivity contribution is 6.31. The number of esters is 2. The first-order valence-corrected chi connectivity index (χ1v) is 11.6. The van der Waals surface area contributed by atoms with Crippen molar-refractivity contribution in [3.63, 3.8) is 0 Å². The van der Waals surface area contributed by atoms with Gasteiger partial charge in [-0.25, -0.2) is 9.59 Å². The predicted octanol–water partition coefficient (Wildman–Crippen LogP) is 6.86. The van der Waals surface area contributed by atoms with E-state index in [0.29, 0.717) is 11.0 Å². The number of ether oxygens (including phenoxy) is 2. The van der Waals surface area contributed by atoms with E-state index in [0.717, 1.165) is 37.8 Å². The van der Waals surface area contributed by atoms with Gasteiger partial charge in [-0.05, 0) is 33.9 Å². The minimum absolute atomic E-state index is 0.0684. The number of carbonyl (C=O) groups is 2. The van der Waals surface area contributed by atoms with Crippen LogP contribution in [0.1, 0.15) is 47.1 Å². The van der Waals surface area contributed by atoms with Crippen LogP contribution < -0.4 is 0 Å². The van der Waals surface area contributed by atoms with Gasteiger partial charge in [0.2, 0.25) is 0 Å². The van der Waals surface area contributed by atoms with E-state index in [4.69, 9.17) is 9.47 Å². The van der Waals surface area contributed by atoms with E-state index in [9.17, 15) is 9.59 Å². The molecule has 0 aliphatic heterocycles. The fraction of sp³-hybridized carbons (Fsp3) is 0.200. The molecule has 0 fully saturated rings. The monoisotopic (exact) mass is 463 g/mol. The quantitative estimate of drug-likeness (QED) is 0.160. The number of fused-ring (bicyclic) bond motifs is 6. The van der Waals surface area contributed by atoms with Gasteiger partial charge >= 0.3 is 11.9 Å². The number of pyridine rings is 2. The van der Waals surface area contributed by atoms with Gasteiger partial charge in [-0.15, -0.1) is 0 Å². The zero-order valence-electron chi connectivity index (χ0n) is 20.4. The lowest BCUT2D eigenvalue weighted by Crippen LogP contribution is -2.11. The van der Waals surface area contributed by atoms with Crippen molar-refractivity contribution in [1.29, 1.82) is 0 Å². The van der Waals surface area contributed by atoms with E-state index >= 15 is 0 Å². The molecule has 0 radical (unpaired) electrons. The number of carbonyl (C=O) groups excluding carboxylic acids is 2. The summed E-state index contributed by atoms with van der Waals surface area (Å²) in [7, 11) is 2.68. The highest BCUT2D eigenvalue weighted by Crippen LogP contribution is 2.45. The van der Waals surface area contributed by atoms with Crippen LogP contribution in [0.3, 0.4) is 0 Å². The van der Waals surface area contributed by atoms with Crippen LogP contribution in [0.5, 0.6) is 0 Å². The SMILES string of the molecule is COC(=O)c1c(C(=O)OC)c2c3ccccc3c3cc(C(C)(C)C)cc4c5ccccc5c1n2c43. The summed E-state index contributed by atoms with van der Waals surface area (Å²) >= 11 is 0. The van der Waals surface area contributed by atoms with Crippen molar-refractivity contribution < 1.29 is 19.1 Å². The Morgan fingerprint density at radius 3 is 1.40 bits per heavy atom. The highest BCUT2D eigenvalue weighted by atomic mass is 16.5. The number of aromatic nitrogens is 1. The van der Waals surface area contributed by atoms with Gasteiger partial charge in [-0.2, -0.15) is 0 Å². The van der Waals surface area contributed by atoms with E-state index in [-0.39, 0.29) is 16.5 Å². The van der Waals surface area contributed by atoms with Crippen molar-refractivity contribution in [1.82, 2.24) is 4.40 Å². The Bertz CT molecular complexity index is 1710. The lowest BCUT2D eigenvalue weighted by atomic mass is 9.84. The first-order valence-electron chi connectivity index (χ1n) is 11.6. The molecular formula is C30H25NO4. The van der Waals surface area contributed by atoms with Crippen molar-refractivity contribution in [2.75, 3.05) is 14.2 Å². The lowest BCUT2D eigenvalue weighted by Gasteiger charge is -2.23. The predicted molar refractivity (Wildman–Crippen MR) is 140 cm³/mol. The molecule has 0 amide bonds. The standard InChI is InChI=1S/C30H25NO4/c1-30(2,3)16-14-21-17-10-6-8-12-19(17)26-23(28(32)34-4)24(29(33)35-5)27-20-13-9-7-11-18(20)22(15-16)25(21)31(26)27/h6-15H,1-5H3. The van der Waals surface area contributed by atoms with Crippen molar-refractivity contribution >= 4 is 60.8 Å². The molecule has 5 nitrogen and oxygen atoms in total. The Balaban J connectivity index is 2.07. The average Bonchev–Trinajstić information content (AvgIpc) is 3.23. The number of rotatable bonds is 2.